The lowest BCUT2D eigenvalue weighted by Crippen LogP contribution is -2.27. The van der Waals surface area contributed by atoms with E-state index in [-0.39, 0.29) is 17.6 Å². The summed E-state index contributed by atoms with van der Waals surface area (Å²) in [4.78, 5) is 35.3. The lowest BCUT2D eigenvalue weighted by atomic mass is 10.1. The Morgan fingerprint density at radius 1 is 0.935 bits per heavy atom. The van der Waals surface area contributed by atoms with Crippen LogP contribution in [0.25, 0.3) is 6.08 Å². The minimum absolute atomic E-state index is 0.0220. The van der Waals surface area contributed by atoms with E-state index in [1.54, 1.807) is 42.5 Å². The van der Waals surface area contributed by atoms with Crippen molar-refractivity contribution >= 4 is 29.3 Å². The Hall–Kier alpha value is -4.26. The molecule has 0 aromatic heterocycles. The van der Waals surface area contributed by atoms with E-state index in [1.807, 2.05) is 37.3 Å². The maximum atomic E-state index is 12.8. The molecule has 3 aromatic rings. The third-order valence-corrected chi connectivity index (χ3v) is 4.61. The van der Waals surface area contributed by atoms with Gasteiger partial charge >= 0.3 is 0 Å². The molecule has 0 bridgehead atoms. The molecule has 3 aromatic carbocycles. The van der Waals surface area contributed by atoms with Gasteiger partial charge in [-0.1, -0.05) is 42.5 Å². The number of hydrogen-bond donors (Lipinski definition) is 2. The summed E-state index contributed by atoms with van der Waals surface area (Å²) in [5.74, 6) is -0.721. The van der Waals surface area contributed by atoms with Crippen molar-refractivity contribution in [2.24, 2.45) is 0 Å². The third kappa shape index (κ3) is 5.86. The van der Waals surface area contributed by atoms with Crippen LogP contribution in [0, 0.1) is 10.1 Å². The van der Waals surface area contributed by atoms with E-state index in [9.17, 15) is 19.7 Å². The van der Waals surface area contributed by atoms with Crippen LogP contribution in [0.4, 0.5) is 11.4 Å². The van der Waals surface area contributed by atoms with Gasteiger partial charge in [0, 0.05) is 18.2 Å². The molecule has 0 aliphatic carbocycles. The average molecular weight is 415 g/mol. The number of nitrogens with zero attached hydrogens (tertiary/aromatic N) is 1. The third-order valence-electron chi connectivity index (χ3n) is 4.61. The van der Waals surface area contributed by atoms with Crippen LogP contribution >= 0.6 is 0 Å². The summed E-state index contributed by atoms with van der Waals surface area (Å²) < 4.78 is 0. The number of para-hydroxylation sites is 1. The van der Waals surface area contributed by atoms with Crippen molar-refractivity contribution in [3.05, 3.63) is 112 Å². The van der Waals surface area contributed by atoms with Crippen LogP contribution in [0.2, 0.25) is 0 Å². The van der Waals surface area contributed by atoms with Gasteiger partial charge < -0.3 is 10.6 Å². The number of non-ortho nitro benzene ring substituents is 1. The molecule has 0 radical (unpaired) electrons. The van der Waals surface area contributed by atoms with Gasteiger partial charge in [0.2, 0.25) is 5.91 Å². The fraction of sp³-hybridized carbons (Fsp3) is 0.0833. The molecule has 156 valence electrons. The first kappa shape index (κ1) is 21.4. The molecule has 2 N–H and O–H groups in total. The van der Waals surface area contributed by atoms with Gasteiger partial charge in [-0.05, 0) is 48.4 Å². The van der Waals surface area contributed by atoms with Crippen molar-refractivity contribution in [3.63, 3.8) is 0 Å². The Bertz CT molecular complexity index is 1110. The van der Waals surface area contributed by atoms with Gasteiger partial charge in [-0.25, -0.2) is 0 Å². The van der Waals surface area contributed by atoms with Gasteiger partial charge in [0.15, 0.2) is 0 Å². The summed E-state index contributed by atoms with van der Waals surface area (Å²) in [6.07, 6.45) is 2.85. The minimum Gasteiger partial charge on any atom is -0.345 e. The first-order valence-electron chi connectivity index (χ1n) is 9.62. The highest BCUT2D eigenvalue weighted by Gasteiger charge is 2.15. The first-order valence-corrected chi connectivity index (χ1v) is 9.62. The Balaban J connectivity index is 1.67. The molecule has 0 saturated carbocycles. The maximum Gasteiger partial charge on any atom is 0.269 e. The number of rotatable bonds is 7. The van der Waals surface area contributed by atoms with Crippen molar-refractivity contribution < 1.29 is 14.5 Å². The second kappa shape index (κ2) is 9.98. The lowest BCUT2D eigenvalue weighted by Gasteiger charge is -2.16. The molecular weight excluding hydrogens is 394 g/mol. The van der Waals surface area contributed by atoms with E-state index in [0.29, 0.717) is 16.8 Å². The highest BCUT2D eigenvalue weighted by atomic mass is 16.6. The highest BCUT2D eigenvalue weighted by molar-refractivity contribution is 6.07. The van der Waals surface area contributed by atoms with Crippen LogP contribution in [0.1, 0.15) is 34.5 Å². The van der Waals surface area contributed by atoms with Gasteiger partial charge in [-0.2, -0.15) is 0 Å². The molecule has 1 atom stereocenters. The molecule has 0 unspecified atom stereocenters. The van der Waals surface area contributed by atoms with E-state index < -0.39 is 10.8 Å². The van der Waals surface area contributed by atoms with Crippen molar-refractivity contribution in [2.75, 3.05) is 5.32 Å². The molecular formula is C24H21N3O4. The zero-order valence-corrected chi connectivity index (χ0v) is 16.8. The standard InChI is InChI=1S/C24H21N3O4/c1-17(19-7-3-2-4-8-19)25-24(29)21-9-5-6-10-22(21)26-23(28)16-13-18-11-14-20(15-12-18)27(30)31/h2-17H,1H3,(H,25,29)(H,26,28)/b16-13+/t17-/m0/s1. The molecule has 0 aliphatic heterocycles. The number of nitrogens with one attached hydrogen (secondary N) is 2. The molecule has 0 aliphatic rings. The van der Waals surface area contributed by atoms with Crippen molar-refractivity contribution in [1.82, 2.24) is 5.32 Å². The quantitative estimate of drug-likeness (QED) is 0.331. The van der Waals surface area contributed by atoms with Crippen molar-refractivity contribution in [3.8, 4) is 0 Å². The predicted molar refractivity (Wildman–Crippen MR) is 120 cm³/mol. The van der Waals surface area contributed by atoms with Crippen LogP contribution in [0.5, 0.6) is 0 Å². The van der Waals surface area contributed by atoms with E-state index in [1.165, 1.54) is 18.2 Å². The zero-order valence-electron chi connectivity index (χ0n) is 16.8. The number of hydrogen-bond acceptors (Lipinski definition) is 4. The number of nitro groups is 1. The Morgan fingerprint density at radius 3 is 2.26 bits per heavy atom. The van der Waals surface area contributed by atoms with Crippen molar-refractivity contribution in [2.45, 2.75) is 13.0 Å². The second-order valence-electron chi connectivity index (χ2n) is 6.82. The van der Waals surface area contributed by atoms with Crippen LogP contribution in [-0.2, 0) is 4.79 Å². The maximum absolute atomic E-state index is 12.8. The number of carbonyl (C=O) groups is 2. The van der Waals surface area contributed by atoms with Crippen LogP contribution in [0.15, 0.2) is 84.9 Å². The fourth-order valence-electron chi connectivity index (χ4n) is 2.94. The first-order chi connectivity index (χ1) is 14.9. The fourth-order valence-corrected chi connectivity index (χ4v) is 2.94. The number of amides is 2. The minimum atomic E-state index is -0.485. The largest absolute Gasteiger partial charge is 0.345 e. The summed E-state index contributed by atoms with van der Waals surface area (Å²) in [7, 11) is 0. The summed E-state index contributed by atoms with van der Waals surface area (Å²) in [5.41, 5.74) is 2.33. The van der Waals surface area contributed by atoms with Crippen molar-refractivity contribution in [1.29, 1.82) is 0 Å². The van der Waals surface area contributed by atoms with Gasteiger partial charge in [0.05, 0.1) is 22.2 Å². The molecule has 7 heteroatoms. The normalized spacial score (nSPS) is 11.6. The summed E-state index contributed by atoms with van der Waals surface area (Å²) in [6, 6.07) is 22.0. The van der Waals surface area contributed by atoms with E-state index in [2.05, 4.69) is 10.6 Å². The topological polar surface area (TPSA) is 101 Å². The lowest BCUT2D eigenvalue weighted by molar-refractivity contribution is -0.384. The highest BCUT2D eigenvalue weighted by Crippen LogP contribution is 2.18. The van der Waals surface area contributed by atoms with Gasteiger partial charge in [-0.15, -0.1) is 0 Å². The van der Waals surface area contributed by atoms with E-state index in [0.717, 1.165) is 5.56 Å². The Kier molecular flexibility index (Phi) is 6.90. The van der Waals surface area contributed by atoms with E-state index in [4.69, 9.17) is 0 Å². The molecule has 0 saturated heterocycles. The van der Waals surface area contributed by atoms with Gasteiger partial charge in [0.25, 0.3) is 11.6 Å². The summed E-state index contributed by atoms with van der Waals surface area (Å²) in [6.45, 7) is 1.89. The molecule has 31 heavy (non-hydrogen) atoms. The number of anilines is 1. The zero-order chi connectivity index (χ0) is 22.2. The Labute approximate surface area is 179 Å². The van der Waals surface area contributed by atoms with Crippen LogP contribution < -0.4 is 10.6 Å². The van der Waals surface area contributed by atoms with Gasteiger partial charge in [-0.3, -0.25) is 19.7 Å². The van der Waals surface area contributed by atoms with Crippen LogP contribution in [0.3, 0.4) is 0 Å². The summed E-state index contributed by atoms with van der Waals surface area (Å²) >= 11 is 0. The monoisotopic (exact) mass is 415 g/mol. The average Bonchev–Trinajstić information content (AvgIpc) is 2.79. The number of nitro benzene ring substituents is 1. The molecule has 0 spiro atoms. The molecule has 3 rings (SSSR count). The summed E-state index contributed by atoms with van der Waals surface area (Å²) in [5, 5.41) is 16.4. The smallest absolute Gasteiger partial charge is 0.269 e. The van der Waals surface area contributed by atoms with Gasteiger partial charge in [0.1, 0.15) is 0 Å². The molecule has 7 nitrogen and oxygen atoms in total. The number of carbonyl (C=O) groups excluding carboxylic acids is 2. The number of benzene rings is 3. The molecule has 0 fully saturated rings. The Morgan fingerprint density at radius 2 is 1.58 bits per heavy atom. The molecule has 0 heterocycles. The second-order valence-corrected chi connectivity index (χ2v) is 6.82. The predicted octanol–water partition coefficient (Wildman–Crippen LogP) is 4.74. The van der Waals surface area contributed by atoms with E-state index >= 15 is 0 Å². The SMILES string of the molecule is C[C@H](NC(=O)c1ccccc1NC(=O)/C=C/c1ccc([N+](=O)[O-])cc1)c1ccccc1. The molecule has 2 amide bonds. The van der Waals surface area contributed by atoms with Crippen LogP contribution in [-0.4, -0.2) is 16.7 Å².